The second-order valence-corrected chi connectivity index (χ2v) is 6.31. The first-order chi connectivity index (χ1) is 10.4. The SMILES string of the molecule is CNc1ccccc1C(=O)OC1CC2(CCN1)CC(F)(F)C2. The van der Waals surface area contributed by atoms with E-state index in [0.717, 1.165) is 0 Å². The van der Waals surface area contributed by atoms with Crippen LogP contribution in [0.2, 0.25) is 0 Å². The summed E-state index contributed by atoms with van der Waals surface area (Å²) in [4.78, 5) is 12.3. The molecular formula is C16H20F2N2O2. The minimum atomic E-state index is -2.55. The van der Waals surface area contributed by atoms with Gasteiger partial charge in [-0.15, -0.1) is 0 Å². The van der Waals surface area contributed by atoms with E-state index in [9.17, 15) is 13.6 Å². The molecule has 1 spiro atoms. The number of carbonyl (C=O) groups excluding carboxylic acids is 1. The highest BCUT2D eigenvalue weighted by Gasteiger charge is 2.57. The van der Waals surface area contributed by atoms with E-state index in [0.29, 0.717) is 30.6 Å². The maximum absolute atomic E-state index is 13.2. The minimum Gasteiger partial charge on any atom is -0.443 e. The van der Waals surface area contributed by atoms with Gasteiger partial charge in [-0.1, -0.05) is 12.1 Å². The molecular weight excluding hydrogens is 290 g/mol. The van der Waals surface area contributed by atoms with E-state index in [1.165, 1.54) is 0 Å². The van der Waals surface area contributed by atoms with Crippen molar-refractivity contribution in [2.24, 2.45) is 5.41 Å². The van der Waals surface area contributed by atoms with Gasteiger partial charge in [-0.05, 0) is 30.5 Å². The lowest BCUT2D eigenvalue weighted by Gasteiger charge is -2.51. The molecule has 0 amide bonds. The number of ether oxygens (including phenoxy) is 1. The summed E-state index contributed by atoms with van der Waals surface area (Å²) in [6.07, 6.45) is 0.480. The lowest BCUT2D eigenvalue weighted by atomic mass is 9.61. The molecule has 2 N–H and O–H groups in total. The van der Waals surface area contributed by atoms with Gasteiger partial charge in [0.25, 0.3) is 0 Å². The van der Waals surface area contributed by atoms with Gasteiger partial charge in [-0.25, -0.2) is 13.6 Å². The number of anilines is 1. The van der Waals surface area contributed by atoms with Gasteiger partial charge >= 0.3 is 5.97 Å². The van der Waals surface area contributed by atoms with Crippen LogP contribution in [0.5, 0.6) is 0 Å². The standard InChI is InChI=1S/C16H20F2N2O2/c1-19-12-5-3-2-4-11(12)14(21)22-13-8-15(6-7-20-13)9-16(17,18)10-15/h2-5,13,19-20H,6-10H2,1H3. The summed E-state index contributed by atoms with van der Waals surface area (Å²) in [6.45, 7) is 0.599. The van der Waals surface area contributed by atoms with Crippen LogP contribution in [0.1, 0.15) is 36.0 Å². The van der Waals surface area contributed by atoms with Crippen LogP contribution in [0.15, 0.2) is 24.3 Å². The van der Waals surface area contributed by atoms with Crippen LogP contribution >= 0.6 is 0 Å². The number of rotatable bonds is 3. The summed E-state index contributed by atoms with van der Waals surface area (Å²) >= 11 is 0. The zero-order valence-electron chi connectivity index (χ0n) is 12.5. The van der Waals surface area contributed by atoms with Gasteiger partial charge in [0, 0.05) is 32.0 Å². The number of carbonyl (C=O) groups is 1. The van der Waals surface area contributed by atoms with Gasteiger partial charge in [-0.3, -0.25) is 5.32 Å². The summed E-state index contributed by atoms with van der Waals surface area (Å²) in [5.41, 5.74) is 0.765. The van der Waals surface area contributed by atoms with Gasteiger partial charge in [0.05, 0.1) is 5.56 Å². The Kier molecular flexibility index (Phi) is 3.80. The summed E-state index contributed by atoms with van der Waals surface area (Å²) in [5, 5.41) is 6.04. The lowest BCUT2D eigenvalue weighted by Crippen LogP contribution is -2.55. The third-order valence-electron chi connectivity index (χ3n) is 4.58. The maximum Gasteiger partial charge on any atom is 0.341 e. The Labute approximate surface area is 128 Å². The molecule has 22 heavy (non-hydrogen) atoms. The van der Waals surface area contributed by atoms with Gasteiger partial charge in [0.1, 0.15) is 0 Å². The molecule has 3 rings (SSSR count). The van der Waals surface area contributed by atoms with Crippen molar-refractivity contribution in [3.05, 3.63) is 29.8 Å². The van der Waals surface area contributed by atoms with Crippen molar-refractivity contribution in [3.8, 4) is 0 Å². The number of hydrogen-bond acceptors (Lipinski definition) is 4. The predicted octanol–water partition coefficient (Wildman–Crippen LogP) is 3.01. The number of esters is 1. The molecule has 1 aromatic rings. The molecule has 6 heteroatoms. The molecule has 120 valence electrons. The second-order valence-electron chi connectivity index (χ2n) is 6.31. The Morgan fingerprint density at radius 3 is 2.77 bits per heavy atom. The number of hydrogen-bond donors (Lipinski definition) is 2. The van der Waals surface area contributed by atoms with Gasteiger partial charge < -0.3 is 10.1 Å². The van der Waals surface area contributed by atoms with Crippen LogP contribution in [0.4, 0.5) is 14.5 Å². The molecule has 1 aliphatic carbocycles. The first kappa shape index (κ1) is 15.2. The van der Waals surface area contributed by atoms with Crippen LogP contribution in [-0.2, 0) is 4.74 Å². The quantitative estimate of drug-likeness (QED) is 0.843. The van der Waals surface area contributed by atoms with E-state index in [-0.39, 0.29) is 18.3 Å². The number of piperidine rings is 1. The minimum absolute atomic E-state index is 0.0944. The fourth-order valence-corrected chi connectivity index (χ4v) is 3.59. The van der Waals surface area contributed by atoms with E-state index in [1.54, 1.807) is 25.2 Å². The van der Waals surface area contributed by atoms with Crippen LogP contribution < -0.4 is 10.6 Å². The molecule has 1 saturated carbocycles. The van der Waals surface area contributed by atoms with E-state index in [1.807, 2.05) is 6.07 Å². The number of para-hydroxylation sites is 1. The molecule has 1 aliphatic heterocycles. The van der Waals surface area contributed by atoms with E-state index in [2.05, 4.69) is 10.6 Å². The van der Waals surface area contributed by atoms with Crippen LogP contribution in [0.25, 0.3) is 0 Å². The maximum atomic E-state index is 13.2. The van der Waals surface area contributed by atoms with Crippen molar-refractivity contribution in [3.63, 3.8) is 0 Å². The average Bonchev–Trinajstić information content (AvgIpc) is 2.45. The summed E-state index contributed by atoms with van der Waals surface area (Å²) in [7, 11) is 1.73. The van der Waals surface area contributed by atoms with Crippen molar-refractivity contribution < 1.29 is 18.3 Å². The summed E-state index contributed by atoms with van der Waals surface area (Å²) < 4.78 is 31.9. The van der Waals surface area contributed by atoms with Gasteiger partial charge in [0.15, 0.2) is 6.23 Å². The smallest absolute Gasteiger partial charge is 0.341 e. The van der Waals surface area contributed by atoms with Crippen molar-refractivity contribution >= 4 is 11.7 Å². The monoisotopic (exact) mass is 310 g/mol. The van der Waals surface area contributed by atoms with Gasteiger partial charge in [0.2, 0.25) is 5.92 Å². The van der Waals surface area contributed by atoms with E-state index < -0.39 is 18.1 Å². The molecule has 2 aliphatic rings. The fourth-order valence-electron chi connectivity index (χ4n) is 3.59. The first-order valence-corrected chi connectivity index (χ1v) is 7.52. The predicted molar refractivity (Wildman–Crippen MR) is 79.0 cm³/mol. The molecule has 4 nitrogen and oxygen atoms in total. The molecule has 0 radical (unpaired) electrons. The summed E-state index contributed by atoms with van der Waals surface area (Å²) in [5.74, 6) is -2.99. The van der Waals surface area contributed by atoms with Crippen molar-refractivity contribution in [2.75, 3.05) is 18.9 Å². The Hall–Kier alpha value is -1.69. The molecule has 1 unspecified atom stereocenters. The fraction of sp³-hybridized carbons (Fsp3) is 0.562. The largest absolute Gasteiger partial charge is 0.443 e. The third-order valence-corrected chi connectivity index (χ3v) is 4.58. The normalized spacial score (nSPS) is 25.3. The first-order valence-electron chi connectivity index (χ1n) is 7.52. The zero-order valence-corrected chi connectivity index (χ0v) is 12.5. The Balaban J connectivity index is 1.64. The van der Waals surface area contributed by atoms with Crippen molar-refractivity contribution in [2.45, 2.75) is 37.8 Å². The van der Waals surface area contributed by atoms with Crippen LogP contribution in [0, 0.1) is 5.41 Å². The number of alkyl halides is 2. The molecule has 1 heterocycles. The zero-order chi connectivity index (χ0) is 15.8. The Bertz CT molecular complexity index is 569. The highest BCUT2D eigenvalue weighted by atomic mass is 19.3. The van der Waals surface area contributed by atoms with E-state index in [4.69, 9.17) is 4.74 Å². The van der Waals surface area contributed by atoms with Gasteiger partial charge in [-0.2, -0.15) is 0 Å². The third kappa shape index (κ3) is 2.92. The summed E-state index contributed by atoms with van der Waals surface area (Å²) in [6, 6.07) is 7.07. The number of nitrogens with one attached hydrogen (secondary N) is 2. The molecule has 2 fully saturated rings. The Morgan fingerprint density at radius 2 is 2.09 bits per heavy atom. The van der Waals surface area contributed by atoms with Crippen LogP contribution in [-0.4, -0.2) is 31.7 Å². The molecule has 0 bridgehead atoms. The highest BCUT2D eigenvalue weighted by molar-refractivity contribution is 5.95. The molecule has 0 aromatic heterocycles. The van der Waals surface area contributed by atoms with Crippen molar-refractivity contribution in [1.82, 2.24) is 5.32 Å². The molecule has 1 atom stereocenters. The number of halogens is 2. The van der Waals surface area contributed by atoms with Crippen molar-refractivity contribution in [1.29, 1.82) is 0 Å². The second kappa shape index (κ2) is 5.50. The topological polar surface area (TPSA) is 50.4 Å². The highest BCUT2D eigenvalue weighted by Crippen LogP contribution is 2.57. The molecule has 1 aromatic carbocycles. The Morgan fingerprint density at radius 1 is 1.36 bits per heavy atom. The number of benzene rings is 1. The molecule has 1 saturated heterocycles. The van der Waals surface area contributed by atoms with Crippen LogP contribution in [0.3, 0.4) is 0 Å². The lowest BCUT2D eigenvalue weighted by molar-refractivity contribution is -0.185. The average molecular weight is 310 g/mol. The van der Waals surface area contributed by atoms with E-state index >= 15 is 0 Å².